The van der Waals surface area contributed by atoms with E-state index in [4.69, 9.17) is 0 Å². The predicted molar refractivity (Wildman–Crippen MR) is 165 cm³/mol. The SMILES string of the molecule is CC1(C)c2cc3c(cc2-c2c1ccc1ccccc21)C(C)(C)c1cc2ccc4c5c(ccc(c1-3)c25)C1CC1C=4. The van der Waals surface area contributed by atoms with Crippen LogP contribution in [0.4, 0.5) is 0 Å². The van der Waals surface area contributed by atoms with Crippen LogP contribution in [0.15, 0.2) is 78.9 Å². The standard InChI is InChI=1S/C39H30/c1-38(2)30-14-11-20-7-5-6-8-24(20)36(30)28-18-32-29(19-31(28)38)37-26-13-12-25-27-16-23(27)15-21-9-10-22(35(26)34(21)25)17-33(37)39(32,3)4/h5-15,17-19,23,27H,16H2,1-4H3. The van der Waals surface area contributed by atoms with Gasteiger partial charge < -0.3 is 0 Å². The Labute approximate surface area is 229 Å². The molecule has 4 aliphatic carbocycles. The van der Waals surface area contributed by atoms with Gasteiger partial charge in [-0.25, -0.2) is 0 Å². The maximum atomic E-state index is 2.58. The largest absolute Gasteiger partial charge is 0.0729 e. The topological polar surface area (TPSA) is 0 Å². The first-order chi connectivity index (χ1) is 18.8. The lowest BCUT2D eigenvalue weighted by Crippen LogP contribution is -2.17. The van der Waals surface area contributed by atoms with Crippen LogP contribution < -0.4 is 5.22 Å². The molecular formula is C39H30. The zero-order valence-electron chi connectivity index (χ0n) is 22.9. The molecule has 0 saturated heterocycles. The van der Waals surface area contributed by atoms with Gasteiger partial charge in [-0.2, -0.15) is 0 Å². The summed E-state index contributed by atoms with van der Waals surface area (Å²) in [4.78, 5) is 0. The molecule has 0 aromatic heterocycles. The maximum Gasteiger partial charge on any atom is 0.0159 e. The Morgan fingerprint density at radius 1 is 0.590 bits per heavy atom. The number of hydrogen-bond acceptors (Lipinski definition) is 0. The average molecular weight is 499 g/mol. The maximum absolute atomic E-state index is 2.58. The Bertz CT molecular complexity index is 2200. The molecule has 2 atom stereocenters. The smallest absolute Gasteiger partial charge is 0.0159 e. The summed E-state index contributed by atoms with van der Waals surface area (Å²) in [6.07, 6.45) is 3.87. The zero-order chi connectivity index (χ0) is 26.0. The van der Waals surface area contributed by atoms with E-state index in [0.717, 1.165) is 11.8 Å². The lowest BCUT2D eigenvalue weighted by atomic mass is 9.79. The molecule has 0 spiro atoms. The minimum absolute atomic E-state index is 0.0311. The quantitative estimate of drug-likeness (QED) is 0.196. The van der Waals surface area contributed by atoms with E-state index < -0.39 is 0 Å². The summed E-state index contributed by atoms with van der Waals surface area (Å²) in [5.74, 6) is 1.50. The molecular weight excluding hydrogens is 468 g/mol. The Hall–Kier alpha value is -3.90. The molecule has 0 heterocycles. The molecule has 6 aromatic carbocycles. The molecule has 6 aromatic rings. The van der Waals surface area contributed by atoms with Crippen LogP contribution in [0, 0.1) is 5.92 Å². The minimum Gasteiger partial charge on any atom is -0.0729 e. The number of rotatable bonds is 0. The Morgan fingerprint density at radius 3 is 2.13 bits per heavy atom. The van der Waals surface area contributed by atoms with Gasteiger partial charge in [0.25, 0.3) is 0 Å². The van der Waals surface area contributed by atoms with E-state index in [1.54, 1.807) is 5.56 Å². The molecule has 4 aliphatic rings. The molecule has 1 saturated carbocycles. The van der Waals surface area contributed by atoms with E-state index in [2.05, 4.69) is 113 Å². The average Bonchev–Trinajstić information content (AvgIpc) is 3.64. The van der Waals surface area contributed by atoms with Gasteiger partial charge >= 0.3 is 0 Å². The molecule has 186 valence electrons. The molecule has 0 bridgehead atoms. The highest BCUT2D eigenvalue weighted by Gasteiger charge is 2.44. The fourth-order valence-electron chi connectivity index (χ4n) is 8.92. The molecule has 1 fully saturated rings. The second kappa shape index (κ2) is 6.28. The van der Waals surface area contributed by atoms with Crippen LogP contribution in [0.1, 0.15) is 67.9 Å². The van der Waals surface area contributed by atoms with Crippen molar-refractivity contribution < 1.29 is 0 Å². The zero-order valence-corrected chi connectivity index (χ0v) is 22.9. The Kier molecular flexibility index (Phi) is 3.38. The van der Waals surface area contributed by atoms with Crippen molar-refractivity contribution >= 4 is 38.4 Å². The van der Waals surface area contributed by atoms with Crippen molar-refractivity contribution in [3.63, 3.8) is 0 Å². The lowest BCUT2D eigenvalue weighted by molar-refractivity contribution is 0.652. The molecule has 0 nitrogen and oxygen atoms in total. The van der Waals surface area contributed by atoms with Crippen LogP contribution >= 0.6 is 0 Å². The van der Waals surface area contributed by atoms with Crippen molar-refractivity contribution in [1.82, 2.24) is 0 Å². The molecule has 39 heavy (non-hydrogen) atoms. The van der Waals surface area contributed by atoms with E-state index in [1.165, 1.54) is 88.5 Å². The van der Waals surface area contributed by atoms with Crippen molar-refractivity contribution in [3.05, 3.63) is 112 Å². The fraction of sp³-hybridized carbons (Fsp3) is 0.231. The van der Waals surface area contributed by atoms with E-state index in [1.807, 2.05) is 0 Å². The predicted octanol–water partition coefficient (Wildman–Crippen LogP) is 9.38. The normalized spacial score (nSPS) is 21.8. The van der Waals surface area contributed by atoms with Gasteiger partial charge in [-0.15, -0.1) is 0 Å². The third-order valence-corrected chi connectivity index (χ3v) is 11.0. The van der Waals surface area contributed by atoms with Crippen molar-refractivity contribution in [3.8, 4) is 22.3 Å². The summed E-state index contributed by atoms with van der Waals surface area (Å²) >= 11 is 0. The highest BCUT2D eigenvalue weighted by Crippen LogP contribution is 2.60. The number of fused-ring (bicyclic) bond motifs is 11. The fourth-order valence-corrected chi connectivity index (χ4v) is 8.92. The van der Waals surface area contributed by atoms with E-state index >= 15 is 0 Å². The van der Waals surface area contributed by atoms with Gasteiger partial charge in [0.2, 0.25) is 0 Å². The van der Waals surface area contributed by atoms with Crippen molar-refractivity contribution in [2.45, 2.75) is 50.9 Å². The van der Waals surface area contributed by atoms with Gasteiger partial charge in [0.05, 0.1) is 0 Å². The van der Waals surface area contributed by atoms with Crippen molar-refractivity contribution in [2.75, 3.05) is 0 Å². The second-order valence-corrected chi connectivity index (χ2v) is 13.7. The minimum atomic E-state index is -0.0523. The molecule has 0 aliphatic heterocycles. The first-order valence-electron chi connectivity index (χ1n) is 14.6. The van der Waals surface area contributed by atoms with Crippen molar-refractivity contribution in [1.29, 1.82) is 0 Å². The summed E-state index contributed by atoms with van der Waals surface area (Å²) < 4.78 is 0. The Morgan fingerprint density at radius 2 is 1.31 bits per heavy atom. The lowest BCUT2D eigenvalue weighted by Gasteiger charge is -2.24. The molecule has 0 N–H and O–H groups in total. The van der Waals surface area contributed by atoms with E-state index in [9.17, 15) is 0 Å². The summed E-state index contributed by atoms with van der Waals surface area (Å²) in [6, 6.07) is 31.0. The second-order valence-electron chi connectivity index (χ2n) is 13.7. The molecule has 0 radical (unpaired) electrons. The Balaban J connectivity index is 1.33. The molecule has 0 amide bonds. The van der Waals surface area contributed by atoms with Crippen LogP contribution in [0.2, 0.25) is 0 Å². The van der Waals surface area contributed by atoms with Gasteiger partial charge in [0.1, 0.15) is 0 Å². The molecule has 2 unspecified atom stereocenters. The summed E-state index contributed by atoms with van der Waals surface area (Å²) in [7, 11) is 0. The third-order valence-electron chi connectivity index (χ3n) is 11.0. The van der Waals surface area contributed by atoms with E-state index in [-0.39, 0.29) is 10.8 Å². The summed E-state index contributed by atoms with van der Waals surface area (Å²) in [5, 5.41) is 10.0. The van der Waals surface area contributed by atoms with E-state index in [0.29, 0.717) is 0 Å². The third kappa shape index (κ3) is 2.28. The van der Waals surface area contributed by atoms with Gasteiger partial charge in [0.15, 0.2) is 0 Å². The van der Waals surface area contributed by atoms with Gasteiger partial charge in [0, 0.05) is 10.8 Å². The van der Waals surface area contributed by atoms with Gasteiger partial charge in [-0.05, 0) is 124 Å². The van der Waals surface area contributed by atoms with Gasteiger partial charge in [-0.3, -0.25) is 0 Å². The van der Waals surface area contributed by atoms with Crippen LogP contribution in [0.5, 0.6) is 0 Å². The number of benzene rings is 6. The summed E-state index contributed by atoms with van der Waals surface area (Å²) in [5.41, 5.74) is 13.2. The van der Waals surface area contributed by atoms with Crippen molar-refractivity contribution in [2.24, 2.45) is 5.92 Å². The van der Waals surface area contributed by atoms with Gasteiger partial charge in [-0.1, -0.05) is 94.4 Å². The first kappa shape index (κ1) is 21.0. The molecule has 0 heteroatoms. The monoisotopic (exact) mass is 498 g/mol. The highest BCUT2D eigenvalue weighted by molar-refractivity contribution is 6.19. The summed E-state index contributed by atoms with van der Waals surface area (Å²) in [6.45, 7) is 9.73. The van der Waals surface area contributed by atoms with Crippen LogP contribution in [0.25, 0.3) is 60.6 Å². The van der Waals surface area contributed by atoms with Crippen LogP contribution in [-0.2, 0) is 10.8 Å². The number of hydrogen-bond donors (Lipinski definition) is 0. The van der Waals surface area contributed by atoms with Crippen LogP contribution in [-0.4, -0.2) is 0 Å². The first-order valence-corrected chi connectivity index (χ1v) is 14.6. The van der Waals surface area contributed by atoms with Crippen LogP contribution in [0.3, 0.4) is 0 Å². The highest BCUT2D eigenvalue weighted by atomic mass is 14.5. The molecule has 10 rings (SSSR count).